The van der Waals surface area contributed by atoms with Crippen LogP contribution in [0.5, 0.6) is 0 Å². The average Bonchev–Trinajstić information content (AvgIpc) is 2.31. The van der Waals surface area contributed by atoms with Crippen molar-refractivity contribution in [1.82, 2.24) is 0 Å². The summed E-state index contributed by atoms with van der Waals surface area (Å²) in [6, 6.07) is 15.0. The maximum absolute atomic E-state index is 3.49. The summed E-state index contributed by atoms with van der Waals surface area (Å²) < 4.78 is 1.30. The van der Waals surface area contributed by atoms with E-state index in [1.165, 1.54) is 25.9 Å². The van der Waals surface area contributed by atoms with Crippen LogP contribution in [0.1, 0.15) is 16.7 Å². The molecule has 0 heterocycles. The number of hydrogen-bond donors (Lipinski definition) is 1. The monoisotopic (exact) mass is 337 g/mol. The molecule has 0 fully saturated rings. The van der Waals surface area contributed by atoms with Gasteiger partial charge in [0.25, 0.3) is 0 Å². The molecule has 0 aliphatic carbocycles. The van der Waals surface area contributed by atoms with E-state index in [1.807, 2.05) is 0 Å². The first kappa shape index (κ1) is 12.4. The van der Waals surface area contributed by atoms with E-state index in [9.17, 15) is 0 Å². The van der Waals surface area contributed by atoms with E-state index in [0.717, 1.165) is 6.54 Å². The standard InChI is InChI=1S/C15H16IN/c1-11-5-3-6-13(9-11)10-17-15-8-4-7-14(16)12(15)2/h3-9,17H,10H2,1-2H3. The third kappa shape index (κ3) is 3.22. The molecule has 0 saturated carbocycles. The van der Waals surface area contributed by atoms with E-state index in [1.54, 1.807) is 0 Å². The second-order valence-electron chi connectivity index (χ2n) is 4.26. The summed E-state index contributed by atoms with van der Waals surface area (Å²) in [4.78, 5) is 0. The number of benzene rings is 2. The number of rotatable bonds is 3. The van der Waals surface area contributed by atoms with Crippen LogP contribution in [0.15, 0.2) is 42.5 Å². The Morgan fingerprint density at radius 3 is 2.59 bits per heavy atom. The Labute approximate surface area is 116 Å². The number of aryl methyl sites for hydroxylation is 1. The second-order valence-corrected chi connectivity index (χ2v) is 5.42. The lowest BCUT2D eigenvalue weighted by molar-refractivity contribution is 1.13. The predicted octanol–water partition coefficient (Wildman–Crippen LogP) is 4.52. The predicted molar refractivity (Wildman–Crippen MR) is 82.4 cm³/mol. The van der Waals surface area contributed by atoms with Crippen LogP contribution >= 0.6 is 22.6 Å². The Morgan fingerprint density at radius 1 is 1.06 bits per heavy atom. The zero-order valence-corrected chi connectivity index (χ0v) is 12.3. The Morgan fingerprint density at radius 2 is 1.82 bits per heavy atom. The molecule has 17 heavy (non-hydrogen) atoms. The van der Waals surface area contributed by atoms with Gasteiger partial charge in [0.2, 0.25) is 0 Å². The molecule has 0 spiro atoms. The van der Waals surface area contributed by atoms with Crippen LogP contribution in [0.25, 0.3) is 0 Å². The highest BCUT2D eigenvalue weighted by Gasteiger charge is 2.01. The van der Waals surface area contributed by atoms with Gasteiger partial charge in [-0.15, -0.1) is 0 Å². The molecule has 2 rings (SSSR count). The van der Waals surface area contributed by atoms with Crippen molar-refractivity contribution >= 4 is 28.3 Å². The van der Waals surface area contributed by atoms with Gasteiger partial charge in [-0.2, -0.15) is 0 Å². The molecule has 0 bridgehead atoms. The van der Waals surface area contributed by atoms with Crippen molar-refractivity contribution in [3.63, 3.8) is 0 Å². The fraction of sp³-hybridized carbons (Fsp3) is 0.200. The molecular formula is C15H16IN. The van der Waals surface area contributed by atoms with Crippen LogP contribution in [0.3, 0.4) is 0 Å². The van der Waals surface area contributed by atoms with Gasteiger partial charge in [0.15, 0.2) is 0 Å². The quantitative estimate of drug-likeness (QED) is 0.812. The van der Waals surface area contributed by atoms with Gasteiger partial charge in [0.1, 0.15) is 0 Å². The Balaban J connectivity index is 2.10. The van der Waals surface area contributed by atoms with Crippen LogP contribution in [0.4, 0.5) is 5.69 Å². The maximum atomic E-state index is 3.49. The third-order valence-electron chi connectivity index (χ3n) is 2.83. The highest BCUT2D eigenvalue weighted by molar-refractivity contribution is 14.1. The lowest BCUT2D eigenvalue weighted by atomic mass is 10.1. The topological polar surface area (TPSA) is 12.0 Å². The van der Waals surface area contributed by atoms with Gasteiger partial charge in [-0.25, -0.2) is 0 Å². The van der Waals surface area contributed by atoms with E-state index in [2.05, 4.69) is 84.2 Å². The summed E-state index contributed by atoms with van der Waals surface area (Å²) in [7, 11) is 0. The van der Waals surface area contributed by atoms with E-state index < -0.39 is 0 Å². The highest BCUT2D eigenvalue weighted by Crippen LogP contribution is 2.21. The first-order chi connectivity index (χ1) is 8.16. The lowest BCUT2D eigenvalue weighted by Gasteiger charge is -2.11. The van der Waals surface area contributed by atoms with Crippen molar-refractivity contribution in [2.75, 3.05) is 5.32 Å². The van der Waals surface area contributed by atoms with Crippen molar-refractivity contribution < 1.29 is 0 Å². The molecule has 0 aliphatic heterocycles. The van der Waals surface area contributed by atoms with Crippen LogP contribution in [-0.2, 0) is 6.54 Å². The smallest absolute Gasteiger partial charge is 0.0400 e. The first-order valence-electron chi connectivity index (χ1n) is 5.71. The van der Waals surface area contributed by atoms with E-state index in [0.29, 0.717) is 0 Å². The fourth-order valence-corrected chi connectivity index (χ4v) is 2.32. The fourth-order valence-electron chi connectivity index (χ4n) is 1.82. The van der Waals surface area contributed by atoms with Crippen molar-refractivity contribution in [2.24, 2.45) is 0 Å². The molecule has 1 nitrogen and oxygen atoms in total. The summed E-state index contributed by atoms with van der Waals surface area (Å²) in [5, 5.41) is 3.49. The molecule has 88 valence electrons. The molecule has 2 heteroatoms. The number of anilines is 1. The van der Waals surface area contributed by atoms with Gasteiger partial charge in [-0.3, -0.25) is 0 Å². The minimum absolute atomic E-state index is 0.878. The van der Waals surface area contributed by atoms with Crippen LogP contribution in [0, 0.1) is 17.4 Å². The largest absolute Gasteiger partial charge is 0.381 e. The van der Waals surface area contributed by atoms with Gasteiger partial charge in [0.05, 0.1) is 0 Å². The number of nitrogens with one attached hydrogen (secondary N) is 1. The molecule has 0 saturated heterocycles. The zero-order chi connectivity index (χ0) is 12.3. The van der Waals surface area contributed by atoms with Gasteiger partial charge < -0.3 is 5.32 Å². The highest BCUT2D eigenvalue weighted by atomic mass is 127. The second kappa shape index (κ2) is 5.54. The van der Waals surface area contributed by atoms with Gasteiger partial charge in [-0.05, 0) is 59.7 Å². The van der Waals surface area contributed by atoms with Gasteiger partial charge in [-0.1, -0.05) is 35.9 Å². The molecule has 0 amide bonds. The van der Waals surface area contributed by atoms with Crippen molar-refractivity contribution in [3.8, 4) is 0 Å². The van der Waals surface area contributed by atoms with E-state index in [4.69, 9.17) is 0 Å². The number of halogens is 1. The molecular weight excluding hydrogens is 321 g/mol. The summed E-state index contributed by atoms with van der Waals surface area (Å²) in [6.07, 6.45) is 0. The summed E-state index contributed by atoms with van der Waals surface area (Å²) in [5.41, 5.74) is 5.17. The third-order valence-corrected chi connectivity index (χ3v) is 4.00. The normalized spacial score (nSPS) is 10.3. The minimum atomic E-state index is 0.878. The van der Waals surface area contributed by atoms with Gasteiger partial charge in [0, 0.05) is 15.8 Å². The molecule has 0 aromatic heterocycles. The van der Waals surface area contributed by atoms with E-state index >= 15 is 0 Å². The minimum Gasteiger partial charge on any atom is -0.381 e. The molecule has 2 aromatic carbocycles. The van der Waals surface area contributed by atoms with Crippen molar-refractivity contribution in [1.29, 1.82) is 0 Å². The number of hydrogen-bond acceptors (Lipinski definition) is 1. The maximum Gasteiger partial charge on any atom is 0.0400 e. The van der Waals surface area contributed by atoms with Crippen LogP contribution in [-0.4, -0.2) is 0 Å². The molecule has 0 atom stereocenters. The Hall–Kier alpha value is -1.03. The van der Waals surface area contributed by atoms with Gasteiger partial charge >= 0.3 is 0 Å². The van der Waals surface area contributed by atoms with Crippen molar-refractivity contribution in [3.05, 3.63) is 62.7 Å². The van der Waals surface area contributed by atoms with E-state index in [-0.39, 0.29) is 0 Å². The summed E-state index contributed by atoms with van der Waals surface area (Å²) in [6.45, 7) is 5.16. The molecule has 1 N–H and O–H groups in total. The first-order valence-corrected chi connectivity index (χ1v) is 6.79. The Kier molecular flexibility index (Phi) is 4.05. The zero-order valence-electron chi connectivity index (χ0n) is 10.1. The lowest BCUT2D eigenvalue weighted by Crippen LogP contribution is -2.01. The van der Waals surface area contributed by atoms with Crippen molar-refractivity contribution in [2.45, 2.75) is 20.4 Å². The molecule has 0 unspecified atom stereocenters. The average molecular weight is 337 g/mol. The van der Waals surface area contributed by atoms with Crippen LogP contribution in [0.2, 0.25) is 0 Å². The molecule has 0 radical (unpaired) electrons. The van der Waals surface area contributed by atoms with Crippen LogP contribution < -0.4 is 5.32 Å². The summed E-state index contributed by atoms with van der Waals surface area (Å²) in [5.74, 6) is 0. The molecule has 0 aliphatic rings. The summed E-state index contributed by atoms with van der Waals surface area (Å²) >= 11 is 2.37. The molecule has 2 aromatic rings. The SMILES string of the molecule is Cc1cccc(CNc2cccc(I)c2C)c1. The Bertz CT molecular complexity index is 520.